The molecule has 4 rings (SSSR count). The zero-order valence-corrected chi connectivity index (χ0v) is 17.5. The number of carbonyl (C=O) groups excluding carboxylic acids is 1. The molecule has 152 valence electrons. The Hall–Kier alpha value is -3.09. The van der Waals surface area contributed by atoms with Crippen LogP contribution in [0.3, 0.4) is 0 Å². The SMILES string of the molecule is O=C(/C=C/c1ccccc1Cl)Nc1ccc(S(=O)(=O)N2CCc3ccccc32)cc1. The zero-order valence-electron chi connectivity index (χ0n) is 16.0. The van der Waals surface area contributed by atoms with Gasteiger partial charge in [0.1, 0.15) is 0 Å². The van der Waals surface area contributed by atoms with Crippen LogP contribution in [-0.4, -0.2) is 20.9 Å². The van der Waals surface area contributed by atoms with E-state index < -0.39 is 10.0 Å². The zero-order chi connectivity index (χ0) is 21.1. The summed E-state index contributed by atoms with van der Waals surface area (Å²) in [7, 11) is -3.66. The molecule has 3 aromatic carbocycles. The molecule has 1 aliphatic heterocycles. The van der Waals surface area contributed by atoms with E-state index in [4.69, 9.17) is 11.6 Å². The monoisotopic (exact) mass is 438 g/mol. The molecule has 0 radical (unpaired) electrons. The molecule has 0 aromatic heterocycles. The number of fused-ring (bicyclic) bond motifs is 1. The molecule has 0 spiro atoms. The van der Waals surface area contributed by atoms with E-state index in [9.17, 15) is 13.2 Å². The number of carbonyl (C=O) groups is 1. The first-order chi connectivity index (χ1) is 14.4. The minimum atomic E-state index is -3.66. The number of hydrogen-bond donors (Lipinski definition) is 1. The number of halogens is 1. The van der Waals surface area contributed by atoms with Crippen LogP contribution in [0, 0.1) is 0 Å². The predicted molar refractivity (Wildman–Crippen MR) is 120 cm³/mol. The molecular formula is C23H19ClN2O3S. The van der Waals surface area contributed by atoms with E-state index in [0.717, 1.165) is 16.8 Å². The smallest absolute Gasteiger partial charge is 0.264 e. The Morgan fingerprint density at radius 3 is 2.43 bits per heavy atom. The van der Waals surface area contributed by atoms with Gasteiger partial charge in [-0.3, -0.25) is 9.10 Å². The van der Waals surface area contributed by atoms with E-state index in [2.05, 4.69) is 5.32 Å². The van der Waals surface area contributed by atoms with Crippen molar-refractivity contribution in [1.82, 2.24) is 0 Å². The quantitative estimate of drug-likeness (QED) is 0.585. The van der Waals surface area contributed by atoms with Gasteiger partial charge in [0.25, 0.3) is 10.0 Å². The van der Waals surface area contributed by atoms with Crippen molar-refractivity contribution in [1.29, 1.82) is 0 Å². The van der Waals surface area contributed by atoms with Crippen LogP contribution in [0.5, 0.6) is 0 Å². The van der Waals surface area contributed by atoms with Crippen molar-refractivity contribution >= 4 is 45.0 Å². The Morgan fingerprint density at radius 2 is 1.67 bits per heavy atom. The first-order valence-electron chi connectivity index (χ1n) is 9.39. The Labute approximate surface area is 180 Å². The Morgan fingerprint density at radius 1 is 0.967 bits per heavy atom. The van der Waals surface area contributed by atoms with Gasteiger partial charge >= 0.3 is 0 Å². The standard InChI is InChI=1S/C23H19ClN2O3S/c24-21-7-3-1-5-17(21)9-14-23(27)25-19-10-12-20(13-11-19)30(28,29)26-16-15-18-6-2-4-8-22(18)26/h1-14H,15-16H2,(H,25,27)/b14-9+. The third kappa shape index (κ3) is 4.10. The molecule has 1 aliphatic rings. The molecule has 0 fully saturated rings. The first kappa shape index (κ1) is 20.2. The summed E-state index contributed by atoms with van der Waals surface area (Å²) < 4.78 is 27.5. The summed E-state index contributed by atoms with van der Waals surface area (Å²) in [5, 5.41) is 3.27. The normalized spacial score (nSPS) is 13.4. The summed E-state index contributed by atoms with van der Waals surface area (Å²) in [6.45, 7) is 0.424. The highest BCUT2D eigenvalue weighted by atomic mass is 35.5. The lowest BCUT2D eigenvalue weighted by molar-refractivity contribution is -0.111. The number of anilines is 2. The third-order valence-corrected chi connectivity index (χ3v) is 7.05. The molecule has 0 saturated heterocycles. The van der Waals surface area contributed by atoms with Crippen LogP contribution in [0.15, 0.2) is 83.8 Å². The van der Waals surface area contributed by atoms with Crippen molar-refractivity contribution in [3.05, 3.63) is 95.0 Å². The minimum absolute atomic E-state index is 0.184. The Kier molecular flexibility index (Phi) is 5.61. The molecule has 0 unspecified atom stereocenters. The fraction of sp³-hybridized carbons (Fsp3) is 0.0870. The van der Waals surface area contributed by atoms with Gasteiger partial charge in [-0.15, -0.1) is 0 Å². The van der Waals surface area contributed by atoms with Gasteiger partial charge in [0, 0.05) is 23.3 Å². The van der Waals surface area contributed by atoms with E-state index in [0.29, 0.717) is 23.7 Å². The van der Waals surface area contributed by atoms with Crippen LogP contribution in [0.25, 0.3) is 6.08 Å². The Balaban J connectivity index is 1.47. The largest absolute Gasteiger partial charge is 0.323 e. The van der Waals surface area contributed by atoms with Gasteiger partial charge in [-0.05, 0) is 60.0 Å². The maximum atomic E-state index is 13.0. The van der Waals surface area contributed by atoms with Gasteiger partial charge in [0.15, 0.2) is 0 Å². The number of nitrogens with zero attached hydrogens (tertiary/aromatic N) is 1. The van der Waals surface area contributed by atoms with Gasteiger partial charge < -0.3 is 5.32 Å². The fourth-order valence-electron chi connectivity index (χ4n) is 3.35. The third-order valence-electron chi connectivity index (χ3n) is 4.87. The van der Waals surface area contributed by atoms with Crippen LogP contribution >= 0.6 is 11.6 Å². The van der Waals surface area contributed by atoms with Crippen molar-refractivity contribution in [2.24, 2.45) is 0 Å². The second-order valence-electron chi connectivity index (χ2n) is 6.82. The number of para-hydroxylation sites is 1. The number of nitrogens with one attached hydrogen (secondary N) is 1. The molecule has 1 heterocycles. The molecule has 0 bridgehead atoms. The van der Waals surface area contributed by atoms with E-state index in [1.807, 2.05) is 42.5 Å². The average Bonchev–Trinajstić information content (AvgIpc) is 3.19. The predicted octanol–water partition coefficient (Wildman–Crippen LogP) is 4.74. The van der Waals surface area contributed by atoms with Crippen molar-refractivity contribution < 1.29 is 13.2 Å². The summed E-state index contributed by atoms with van der Waals surface area (Å²) in [6.07, 6.45) is 3.70. The van der Waals surface area contributed by atoms with Crippen LogP contribution in [0.2, 0.25) is 5.02 Å². The highest BCUT2D eigenvalue weighted by Crippen LogP contribution is 2.32. The number of sulfonamides is 1. The number of hydrogen-bond acceptors (Lipinski definition) is 3. The number of benzene rings is 3. The molecule has 1 N–H and O–H groups in total. The van der Waals surface area contributed by atoms with E-state index in [1.165, 1.54) is 22.5 Å². The summed E-state index contributed by atoms with van der Waals surface area (Å²) in [5.41, 5.74) is 2.99. The maximum Gasteiger partial charge on any atom is 0.264 e. The second kappa shape index (κ2) is 8.34. The molecular weight excluding hydrogens is 420 g/mol. The molecule has 1 amide bonds. The van der Waals surface area contributed by atoms with Gasteiger partial charge in [0.2, 0.25) is 5.91 Å². The van der Waals surface area contributed by atoms with E-state index >= 15 is 0 Å². The van der Waals surface area contributed by atoms with Gasteiger partial charge in [-0.2, -0.15) is 0 Å². The highest BCUT2D eigenvalue weighted by Gasteiger charge is 2.30. The summed E-state index contributed by atoms with van der Waals surface area (Å²) in [4.78, 5) is 12.3. The lowest BCUT2D eigenvalue weighted by atomic mass is 10.2. The lowest BCUT2D eigenvalue weighted by Crippen LogP contribution is -2.29. The Bertz CT molecular complexity index is 1220. The molecule has 3 aromatic rings. The maximum absolute atomic E-state index is 13.0. The molecule has 0 aliphatic carbocycles. The van der Waals surface area contributed by atoms with Crippen LogP contribution in [-0.2, 0) is 21.2 Å². The summed E-state index contributed by atoms with van der Waals surface area (Å²) in [6, 6.07) is 20.9. The highest BCUT2D eigenvalue weighted by molar-refractivity contribution is 7.92. The number of rotatable bonds is 5. The first-order valence-corrected chi connectivity index (χ1v) is 11.2. The minimum Gasteiger partial charge on any atom is -0.323 e. The number of amides is 1. The molecule has 7 heteroatoms. The molecule has 30 heavy (non-hydrogen) atoms. The van der Waals surface area contributed by atoms with Crippen molar-refractivity contribution in [2.45, 2.75) is 11.3 Å². The summed E-state index contributed by atoms with van der Waals surface area (Å²) >= 11 is 6.07. The van der Waals surface area contributed by atoms with E-state index in [-0.39, 0.29) is 10.8 Å². The molecule has 0 atom stereocenters. The van der Waals surface area contributed by atoms with Crippen molar-refractivity contribution in [3.63, 3.8) is 0 Å². The fourth-order valence-corrected chi connectivity index (χ4v) is 5.06. The van der Waals surface area contributed by atoms with Crippen LogP contribution < -0.4 is 9.62 Å². The average molecular weight is 439 g/mol. The van der Waals surface area contributed by atoms with Crippen molar-refractivity contribution in [3.8, 4) is 0 Å². The van der Waals surface area contributed by atoms with Gasteiger partial charge in [0.05, 0.1) is 10.6 Å². The summed E-state index contributed by atoms with van der Waals surface area (Å²) in [5.74, 6) is -0.334. The topological polar surface area (TPSA) is 66.5 Å². The van der Waals surface area contributed by atoms with Crippen molar-refractivity contribution in [2.75, 3.05) is 16.2 Å². The molecule has 5 nitrogen and oxygen atoms in total. The van der Waals surface area contributed by atoms with Crippen LogP contribution in [0.4, 0.5) is 11.4 Å². The van der Waals surface area contributed by atoms with Crippen LogP contribution in [0.1, 0.15) is 11.1 Å². The second-order valence-corrected chi connectivity index (χ2v) is 9.09. The van der Waals surface area contributed by atoms with Gasteiger partial charge in [-0.1, -0.05) is 48.0 Å². The van der Waals surface area contributed by atoms with Gasteiger partial charge in [-0.25, -0.2) is 8.42 Å². The van der Waals surface area contributed by atoms with E-state index in [1.54, 1.807) is 24.3 Å². The lowest BCUT2D eigenvalue weighted by Gasteiger charge is -2.19. The molecule has 0 saturated carbocycles.